The van der Waals surface area contributed by atoms with Gasteiger partial charge < -0.3 is 10.6 Å². The van der Waals surface area contributed by atoms with Crippen molar-refractivity contribution in [3.8, 4) is 0 Å². The smallest absolute Gasteiger partial charge is 0.160 e. The van der Waals surface area contributed by atoms with E-state index in [2.05, 4.69) is 25.9 Å². The van der Waals surface area contributed by atoms with Gasteiger partial charge in [0.2, 0.25) is 0 Å². The van der Waals surface area contributed by atoms with E-state index in [1.165, 1.54) is 0 Å². The molecular weight excluding hydrogens is 232 g/mol. The van der Waals surface area contributed by atoms with Crippen LogP contribution in [0.5, 0.6) is 0 Å². The molecule has 0 saturated heterocycles. The topological polar surface area (TPSA) is 54.5 Å². The third-order valence-electron chi connectivity index (χ3n) is 1.98. The van der Waals surface area contributed by atoms with Crippen molar-refractivity contribution in [2.45, 2.75) is 6.17 Å². The minimum atomic E-state index is -0.155. The van der Waals surface area contributed by atoms with Crippen LogP contribution in [-0.2, 0) is 0 Å². The highest BCUT2D eigenvalue weighted by molar-refractivity contribution is 9.10. The van der Waals surface area contributed by atoms with Crippen molar-refractivity contribution < 1.29 is 0 Å². The molecule has 1 aliphatic heterocycles. The zero-order valence-electron chi connectivity index (χ0n) is 7.11. The number of aliphatic imine (C=N–C) groups is 1. The second-order valence-electron chi connectivity index (χ2n) is 2.92. The molecule has 0 spiro atoms. The fourth-order valence-corrected chi connectivity index (χ4v) is 1.56. The van der Waals surface area contributed by atoms with Crippen molar-refractivity contribution in [1.29, 1.82) is 0 Å². The molecule has 1 aromatic rings. The Morgan fingerprint density at radius 3 is 3.15 bits per heavy atom. The molecule has 0 amide bonds. The number of hydrogen-bond donors (Lipinski definition) is 1. The Labute approximate surface area is 84.6 Å². The largest absolute Gasteiger partial charge is 0.346 e. The van der Waals surface area contributed by atoms with Crippen LogP contribution >= 0.6 is 15.9 Å². The highest BCUT2D eigenvalue weighted by atomic mass is 79.9. The minimum Gasteiger partial charge on any atom is -0.346 e. The van der Waals surface area contributed by atoms with Crippen LogP contribution in [0.4, 0.5) is 5.82 Å². The molecule has 0 radical (unpaired) electrons. The van der Waals surface area contributed by atoms with Crippen LogP contribution in [0.3, 0.4) is 0 Å². The standard InChI is InChI=1S/C8H9BrN4/c1-13-4-12-8-6(7(13)10)2-5(9)3-11-8/h2-4,7H,10H2,1H3. The number of halogens is 1. The fourth-order valence-electron chi connectivity index (χ4n) is 1.21. The predicted molar refractivity (Wildman–Crippen MR) is 54.8 cm³/mol. The SMILES string of the molecule is CN1C=Nc2ncc(Br)cc2C1N. The van der Waals surface area contributed by atoms with Gasteiger partial charge in [0.05, 0.1) is 6.34 Å². The molecule has 1 unspecified atom stereocenters. The van der Waals surface area contributed by atoms with Gasteiger partial charge in [0.1, 0.15) is 6.17 Å². The van der Waals surface area contributed by atoms with E-state index in [9.17, 15) is 0 Å². The van der Waals surface area contributed by atoms with Gasteiger partial charge >= 0.3 is 0 Å². The number of rotatable bonds is 0. The average molecular weight is 241 g/mol. The molecule has 0 fully saturated rings. The molecule has 0 aromatic carbocycles. The highest BCUT2D eigenvalue weighted by Crippen LogP contribution is 2.28. The molecule has 13 heavy (non-hydrogen) atoms. The maximum Gasteiger partial charge on any atom is 0.160 e. The summed E-state index contributed by atoms with van der Waals surface area (Å²) >= 11 is 3.35. The summed E-state index contributed by atoms with van der Waals surface area (Å²) in [7, 11) is 1.89. The second-order valence-corrected chi connectivity index (χ2v) is 3.84. The van der Waals surface area contributed by atoms with Gasteiger partial charge in [-0.3, -0.25) is 0 Å². The molecule has 2 N–H and O–H groups in total. The van der Waals surface area contributed by atoms with Gasteiger partial charge in [0, 0.05) is 23.3 Å². The van der Waals surface area contributed by atoms with E-state index in [1.54, 1.807) is 12.5 Å². The summed E-state index contributed by atoms with van der Waals surface area (Å²) in [6, 6.07) is 1.94. The third kappa shape index (κ3) is 1.45. The number of hydrogen-bond acceptors (Lipinski definition) is 4. The number of fused-ring (bicyclic) bond motifs is 1. The van der Waals surface area contributed by atoms with Crippen molar-refractivity contribution in [3.63, 3.8) is 0 Å². The van der Waals surface area contributed by atoms with Gasteiger partial charge in [-0.2, -0.15) is 0 Å². The van der Waals surface area contributed by atoms with Crippen LogP contribution in [0.15, 0.2) is 21.7 Å². The average Bonchev–Trinajstić information content (AvgIpc) is 2.12. The molecule has 0 bridgehead atoms. The van der Waals surface area contributed by atoms with Gasteiger partial charge in [-0.25, -0.2) is 9.98 Å². The molecule has 2 rings (SSSR count). The van der Waals surface area contributed by atoms with Crippen molar-refractivity contribution in [2.24, 2.45) is 10.7 Å². The van der Waals surface area contributed by atoms with Crippen molar-refractivity contribution in [1.82, 2.24) is 9.88 Å². The fraction of sp³-hybridized carbons (Fsp3) is 0.250. The first-order valence-corrected chi connectivity index (χ1v) is 4.65. The molecule has 0 aliphatic carbocycles. The van der Waals surface area contributed by atoms with Crippen LogP contribution in [0.25, 0.3) is 0 Å². The molecule has 4 nitrogen and oxygen atoms in total. The van der Waals surface area contributed by atoms with E-state index in [-0.39, 0.29) is 6.17 Å². The predicted octanol–water partition coefficient (Wildman–Crippen LogP) is 1.41. The van der Waals surface area contributed by atoms with E-state index in [4.69, 9.17) is 5.73 Å². The third-order valence-corrected chi connectivity index (χ3v) is 2.41. The molecule has 1 atom stereocenters. The Morgan fingerprint density at radius 1 is 1.62 bits per heavy atom. The van der Waals surface area contributed by atoms with Crippen LogP contribution < -0.4 is 5.73 Å². The summed E-state index contributed by atoms with van der Waals surface area (Å²) in [6.07, 6.45) is 3.25. The van der Waals surface area contributed by atoms with E-state index in [0.29, 0.717) is 5.82 Å². The van der Waals surface area contributed by atoms with E-state index in [1.807, 2.05) is 18.0 Å². The number of nitrogens with two attached hydrogens (primary N) is 1. The lowest BCUT2D eigenvalue weighted by atomic mass is 10.2. The Morgan fingerprint density at radius 2 is 2.38 bits per heavy atom. The summed E-state index contributed by atoms with van der Waals surface area (Å²) in [5.41, 5.74) is 6.88. The first-order chi connectivity index (χ1) is 6.18. The summed E-state index contributed by atoms with van der Waals surface area (Å²) in [5.74, 6) is 0.703. The van der Waals surface area contributed by atoms with Crippen LogP contribution in [0.2, 0.25) is 0 Å². The maximum absolute atomic E-state index is 5.93. The number of aromatic nitrogens is 1. The summed E-state index contributed by atoms with van der Waals surface area (Å²) in [5, 5.41) is 0. The highest BCUT2D eigenvalue weighted by Gasteiger charge is 2.18. The molecule has 5 heteroatoms. The van der Waals surface area contributed by atoms with Gasteiger partial charge in [-0.05, 0) is 22.0 Å². The quantitative estimate of drug-likeness (QED) is 0.747. The molecule has 0 saturated carbocycles. The first-order valence-electron chi connectivity index (χ1n) is 3.85. The normalized spacial score (nSPS) is 20.2. The lowest BCUT2D eigenvalue weighted by Crippen LogP contribution is -2.32. The van der Waals surface area contributed by atoms with Crippen LogP contribution in [0.1, 0.15) is 11.7 Å². The number of nitrogens with zero attached hydrogens (tertiary/aromatic N) is 3. The van der Waals surface area contributed by atoms with Gasteiger partial charge in [-0.1, -0.05) is 0 Å². The maximum atomic E-state index is 5.93. The molecule has 2 heterocycles. The summed E-state index contributed by atoms with van der Waals surface area (Å²) in [4.78, 5) is 10.2. The number of pyridine rings is 1. The van der Waals surface area contributed by atoms with Crippen molar-refractivity contribution in [2.75, 3.05) is 7.05 Å². The Balaban J connectivity index is 2.54. The monoisotopic (exact) mass is 240 g/mol. The molecule has 1 aromatic heterocycles. The molecule has 1 aliphatic rings. The van der Waals surface area contributed by atoms with Crippen molar-refractivity contribution in [3.05, 3.63) is 22.3 Å². The zero-order chi connectivity index (χ0) is 9.42. The van der Waals surface area contributed by atoms with Gasteiger partial charge in [0.25, 0.3) is 0 Å². The lowest BCUT2D eigenvalue weighted by molar-refractivity contribution is 0.389. The zero-order valence-corrected chi connectivity index (χ0v) is 8.69. The molecular formula is C8H9BrN4. The minimum absolute atomic E-state index is 0.155. The van der Waals surface area contributed by atoms with Crippen molar-refractivity contribution >= 4 is 28.1 Å². The summed E-state index contributed by atoms with van der Waals surface area (Å²) in [6.45, 7) is 0. The summed E-state index contributed by atoms with van der Waals surface area (Å²) < 4.78 is 0.923. The Kier molecular flexibility index (Phi) is 2.05. The second kappa shape index (κ2) is 3.08. The van der Waals surface area contributed by atoms with Gasteiger partial charge in [0.15, 0.2) is 5.82 Å². The Hall–Kier alpha value is -0.940. The Bertz CT molecular complexity index is 363. The van der Waals surface area contributed by atoms with E-state index < -0.39 is 0 Å². The van der Waals surface area contributed by atoms with Crippen LogP contribution in [-0.4, -0.2) is 23.3 Å². The van der Waals surface area contributed by atoms with Crippen LogP contribution in [0, 0.1) is 0 Å². The molecule has 68 valence electrons. The lowest BCUT2D eigenvalue weighted by Gasteiger charge is -2.26. The first kappa shape index (κ1) is 8.65. The van der Waals surface area contributed by atoms with Gasteiger partial charge in [-0.15, -0.1) is 0 Å². The van der Waals surface area contributed by atoms with E-state index >= 15 is 0 Å². The van der Waals surface area contributed by atoms with E-state index in [0.717, 1.165) is 10.0 Å².